The zero-order valence-electron chi connectivity index (χ0n) is 13.6. The number of piperazine rings is 1. The molecule has 2 fully saturated rings. The number of H-pyrrole nitrogens is 1. The largest absolute Gasteiger partial charge is 0.377 e. The highest BCUT2D eigenvalue weighted by atomic mass is 32.2. The standard InChI is InChI=1S/C15H26N4O3S/c1-2-18-8-9-19(11-14(18)15-16-6-7-17-15)23(20,21)12-13-5-3-4-10-22-13/h6-7,13-14H,2-5,8-12H2,1H3,(H,16,17)/t13-,14-/m1/s1. The highest BCUT2D eigenvalue weighted by Crippen LogP contribution is 2.25. The van der Waals surface area contributed by atoms with Crippen LogP contribution in [0.15, 0.2) is 12.4 Å². The van der Waals surface area contributed by atoms with Crippen molar-refractivity contribution in [3.63, 3.8) is 0 Å². The van der Waals surface area contributed by atoms with Crippen LogP contribution in [0, 0.1) is 0 Å². The third-order valence-electron chi connectivity index (χ3n) is 4.76. The molecule has 0 aromatic carbocycles. The summed E-state index contributed by atoms with van der Waals surface area (Å²) in [5.74, 6) is 0.935. The van der Waals surface area contributed by atoms with Crippen LogP contribution >= 0.6 is 0 Å². The lowest BCUT2D eigenvalue weighted by Crippen LogP contribution is -2.52. The predicted molar refractivity (Wildman–Crippen MR) is 87.5 cm³/mol. The lowest BCUT2D eigenvalue weighted by Gasteiger charge is -2.39. The fourth-order valence-electron chi connectivity index (χ4n) is 3.42. The van der Waals surface area contributed by atoms with Gasteiger partial charge in [-0.25, -0.2) is 13.4 Å². The molecular formula is C15H26N4O3S. The number of rotatable bonds is 5. The van der Waals surface area contributed by atoms with Crippen LogP contribution in [0.5, 0.6) is 0 Å². The van der Waals surface area contributed by atoms with Gasteiger partial charge < -0.3 is 9.72 Å². The van der Waals surface area contributed by atoms with Gasteiger partial charge in [-0.1, -0.05) is 6.92 Å². The molecule has 0 saturated carbocycles. The molecule has 0 bridgehead atoms. The third-order valence-corrected chi connectivity index (χ3v) is 6.67. The van der Waals surface area contributed by atoms with Gasteiger partial charge in [0.1, 0.15) is 5.82 Å². The first kappa shape index (κ1) is 16.9. The maximum atomic E-state index is 12.8. The summed E-state index contributed by atoms with van der Waals surface area (Å²) in [4.78, 5) is 9.72. The average Bonchev–Trinajstić information content (AvgIpc) is 3.09. The molecule has 7 nitrogen and oxygen atoms in total. The average molecular weight is 342 g/mol. The topological polar surface area (TPSA) is 78.5 Å². The molecule has 0 aliphatic carbocycles. The van der Waals surface area contributed by atoms with Crippen molar-refractivity contribution in [3.8, 4) is 0 Å². The molecule has 2 aliphatic rings. The van der Waals surface area contributed by atoms with E-state index in [0.29, 0.717) is 19.7 Å². The van der Waals surface area contributed by atoms with Gasteiger partial charge in [-0.3, -0.25) is 4.90 Å². The number of nitrogens with zero attached hydrogens (tertiary/aromatic N) is 3. The molecule has 130 valence electrons. The number of sulfonamides is 1. The predicted octanol–water partition coefficient (Wildman–Crippen LogP) is 0.987. The molecule has 2 aliphatic heterocycles. The molecule has 8 heteroatoms. The fraction of sp³-hybridized carbons (Fsp3) is 0.800. The van der Waals surface area contributed by atoms with E-state index in [4.69, 9.17) is 4.74 Å². The number of imidazole rings is 1. The molecule has 2 saturated heterocycles. The molecule has 0 radical (unpaired) electrons. The summed E-state index contributed by atoms with van der Waals surface area (Å²) in [5.41, 5.74) is 0. The maximum absolute atomic E-state index is 12.8. The fourth-order valence-corrected chi connectivity index (χ4v) is 5.10. The Hall–Kier alpha value is -0.960. The Bertz CT molecular complexity index is 584. The van der Waals surface area contributed by atoms with Gasteiger partial charge >= 0.3 is 0 Å². The van der Waals surface area contributed by atoms with Crippen LogP contribution in [0.3, 0.4) is 0 Å². The molecule has 0 spiro atoms. The Morgan fingerprint density at radius 1 is 1.39 bits per heavy atom. The van der Waals surface area contributed by atoms with Crippen molar-refractivity contribution >= 4 is 10.0 Å². The third kappa shape index (κ3) is 3.93. The summed E-state index contributed by atoms with van der Waals surface area (Å²) >= 11 is 0. The molecule has 1 aromatic heterocycles. The van der Waals surface area contributed by atoms with Gasteiger partial charge in [0.25, 0.3) is 0 Å². The summed E-state index contributed by atoms with van der Waals surface area (Å²) < 4.78 is 32.7. The van der Waals surface area contributed by atoms with Crippen LogP contribution in [0.25, 0.3) is 0 Å². The molecule has 1 aromatic rings. The zero-order chi connectivity index (χ0) is 16.3. The van der Waals surface area contributed by atoms with E-state index >= 15 is 0 Å². The minimum atomic E-state index is -3.30. The smallest absolute Gasteiger partial charge is 0.216 e. The van der Waals surface area contributed by atoms with E-state index in [0.717, 1.165) is 38.2 Å². The highest BCUT2D eigenvalue weighted by molar-refractivity contribution is 7.89. The van der Waals surface area contributed by atoms with Crippen LogP contribution < -0.4 is 0 Å². The lowest BCUT2D eigenvalue weighted by atomic mass is 10.1. The number of hydrogen-bond donors (Lipinski definition) is 1. The van der Waals surface area contributed by atoms with Gasteiger partial charge in [-0.05, 0) is 25.8 Å². The van der Waals surface area contributed by atoms with Gasteiger partial charge in [-0.2, -0.15) is 4.31 Å². The van der Waals surface area contributed by atoms with Crippen LogP contribution in [-0.4, -0.2) is 72.2 Å². The number of aromatic nitrogens is 2. The summed E-state index contributed by atoms with van der Waals surface area (Å²) in [6.45, 7) is 5.38. The van der Waals surface area contributed by atoms with Crippen LogP contribution in [-0.2, 0) is 14.8 Å². The second-order valence-electron chi connectivity index (χ2n) is 6.24. The Morgan fingerprint density at radius 3 is 2.91 bits per heavy atom. The van der Waals surface area contributed by atoms with Crippen LogP contribution in [0.1, 0.15) is 38.1 Å². The van der Waals surface area contributed by atoms with E-state index in [-0.39, 0.29) is 17.9 Å². The lowest BCUT2D eigenvalue weighted by molar-refractivity contribution is 0.0292. The Balaban J connectivity index is 1.69. The van der Waals surface area contributed by atoms with Crippen molar-refractivity contribution < 1.29 is 13.2 Å². The second kappa shape index (κ2) is 7.29. The SMILES string of the molecule is CCN1CCN(S(=O)(=O)C[C@H]2CCCCO2)C[C@@H]1c1ncc[nH]1. The minimum Gasteiger partial charge on any atom is -0.377 e. The van der Waals surface area contributed by atoms with Gasteiger partial charge in [0.15, 0.2) is 0 Å². The van der Waals surface area contributed by atoms with E-state index in [9.17, 15) is 8.42 Å². The van der Waals surface area contributed by atoms with Crippen molar-refractivity contribution in [2.45, 2.75) is 38.3 Å². The molecular weight excluding hydrogens is 316 g/mol. The number of hydrogen-bond acceptors (Lipinski definition) is 5. The molecule has 0 unspecified atom stereocenters. The van der Waals surface area contributed by atoms with E-state index < -0.39 is 10.0 Å². The summed E-state index contributed by atoms with van der Waals surface area (Å²) in [5, 5.41) is 0. The molecule has 3 heterocycles. The first-order chi connectivity index (χ1) is 11.1. The molecule has 2 atom stereocenters. The van der Waals surface area contributed by atoms with Crippen molar-refractivity contribution in [2.75, 3.05) is 38.5 Å². The van der Waals surface area contributed by atoms with Gasteiger partial charge in [0.2, 0.25) is 10.0 Å². The van der Waals surface area contributed by atoms with Crippen molar-refractivity contribution in [1.29, 1.82) is 0 Å². The summed E-state index contributed by atoms with van der Waals surface area (Å²) in [6, 6.07) is -0.00852. The van der Waals surface area contributed by atoms with Crippen LogP contribution in [0.2, 0.25) is 0 Å². The van der Waals surface area contributed by atoms with E-state index in [1.165, 1.54) is 0 Å². The monoisotopic (exact) mass is 342 g/mol. The van der Waals surface area contributed by atoms with Crippen LogP contribution in [0.4, 0.5) is 0 Å². The Labute approximate surface area is 138 Å². The number of likely N-dealkylation sites (N-methyl/N-ethyl adjacent to an activating group) is 1. The van der Waals surface area contributed by atoms with E-state index in [1.54, 1.807) is 16.7 Å². The minimum absolute atomic E-state index is 0.00852. The number of nitrogens with one attached hydrogen (secondary N) is 1. The molecule has 0 amide bonds. The molecule has 3 rings (SSSR count). The summed E-state index contributed by atoms with van der Waals surface area (Å²) in [7, 11) is -3.30. The van der Waals surface area contributed by atoms with E-state index in [2.05, 4.69) is 21.8 Å². The first-order valence-corrected chi connectivity index (χ1v) is 10.0. The summed E-state index contributed by atoms with van der Waals surface area (Å²) in [6.07, 6.45) is 6.28. The van der Waals surface area contributed by atoms with Crippen molar-refractivity contribution in [2.24, 2.45) is 0 Å². The Kier molecular flexibility index (Phi) is 5.35. The Morgan fingerprint density at radius 2 is 2.26 bits per heavy atom. The van der Waals surface area contributed by atoms with Gasteiger partial charge in [0.05, 0.1) is 17.9 Å². The number of ether oxygens (including phenoxy) is 1. The van der Waals surface area contributed by atoms with E-state index in [1.807, 2.05) is 0 Å². The highest BCUT2D eigenvalue weighted by Gasteiger charge is 2.36. The van der Waals surface area contributed by atoms with Crippen molar-refractivity contribution in [3.05, 3.63) is 18.2 Å². The van der Waals surface area contributed by atoms with Gasteiger partial charge in [-0.15, -0.1) is 0 Å². The van der Waals surface area contributed by atoms with Crippen molar-refractivity contribution in [1.82, 2.24) is 19.2 Å². The molecule has 1 N–H and O–H groups in total. The van der Waals surface area contributed by atoms with Gasteiger partial charge in [0, 0.05) is 38.6 Å². The second-order valence-corrected chi connectivity index (χ2v) is 8.26. The molecule has 23 heavy (non-hydrogen) atoms. The quantitative estimate of drug-likeness (QED) is 0.863. The number of aromatic amines is 1. The normalized spacial score (nSPS) is 28.0. The first-order valence-electron chi connectivity index (χ1n) is 8.43. The zero-order valence-corrected chi connectivity index (χ0v) is 14.5. The maximum Gasteiger partial charge on any atom is 0.216 e.